The van der Waals surface area contributed by atoms with E-state index < -0.39 is 0 Å². The van der Waals surface area contributed by atoms with Crippen LogP contribution >= 0.6 is 0 Å². The van der Waals surface area contributed by atoms with E-state index in [0.29, 0.717) is 30.9 Å². The molecule has 25 heavy (non-hydrogen) atoms. The normalized spacial score (nSPS) is 9.12. The summed E-state index contributed by atoms with van der Waals surface area (Å²) >= 11 is 0.944. The molecule has 0 saturated heterocycles. The molecule has 2 N–H and O–H groups in total. The summed E-state index contributed by atoms with van der Waals surface area (Å²) in [6.07, 6.45) is 0. The Balaban J connectivity index is -0.0000000711. The Morgan fingerprint density at radius 2 is 0.560 bits per heavy atom. The molecule has 0 aliphatic carbocycles. The maximum atomic E-state index is 2.32. The first-order chi connectivity index (χ1) is 11.5. The van der Waals surface area contributed by atoms with Gasteiger partial charge in [0.05, 0.1) is 0 Å². The van der Waals surface area contributed by atoms with E-state index in [1.807, 2.05) is 0 Å². The Hall–Kier alpha value is 2.08. The summed E-state index contributed by atoms with van der Waals surface area (Å²) in [7, 11) is 0. The molecule has 1 nitrogen and oxygen atoms in total. The summed E-state index contributed by atoms with van der Waals surface area (Å²) in [6.45, 7) is 23.0. The summed E-state index contributed by atoms with van der Waals surface area (Å²) in [5.74, 6) is 0. The molecule has 0 heterocycles. The zero-order chi connectivity index (χ0) is 19.6. The number of hydrogen-bond acceptors (Lipinski definition) is 0. The van der Waals surface area contributed by atoms with Gasteiger partial charge in [-0.2, -0.15) is 0 Å². The van der Waals surface area contributed by atoms with Crippen molar-refractivity contribution in [3.05, 3.63) is 0 Å². The van der Waals surface area contributed by atoms with Crippen LogP contribution < -0.4 is 0 Å². The topological polar surface area (TPSA) is 31.5 Å². The summed E-state index contributed by atoms with van der Waals surface area (Å²) in [4.78, 5) is 0. The summed E-state index contributed by atoms with van der Waals surface area (Å²) in [5.41, 5.74) is 0. The minimum atomic E-state index is -0.0556. The van der Waals surface area contributed by atoms with E-state index in [0.717, 1.165) is 0 Å². The van der Waals surface area contributed by atoms with Crippen molar-refractivity contribution < 1.29 is 5.48 Å². The van der Waals surface area contributed by atoms with Gasteiger partial charge in [-0.3, -0.25) is 0 Å². The Bertz CT molecular complexity index is 135. The summed E-state index contributed by atoms with van der Waals surface area (Å²) in [6, 6.07) is 0. The summed E-state index contributed by atoms with van der Waals surface area (Å²) in [5, 5.41) is 14.8. The van der Waals surface area contributed by atoms with Crippen LogP contribution in [0.1, 0.15) is 69.2 Å². The Labute approximate surface area is 185 Å². The Morgan fingerprint density at radius 1 is 0.400 bits per heavy atom. The minimum absolute atomic E-state index is 0. The van der Waals surface area contributed by atoms with Crippen molar-refractivity contribution in [2.45, 2.75) is 122 Å². The third kappa shape index (κ3) is 46.3. The molecule has 0 aromatic heterocycles. The molecule has 6 radical (unpaired) electrons. The Morgan fingerprint density at radius 3 is 0.560 bits per heavy atom. The average molecular weight is 612 g/mol. The molecule has 0 amide bonds. The van der Waals surface area contributed by atoms with Crippen LogP contribution in [0, 0.1) is 0 Å². The van der Waals surface area contributed by atoms with Gasteiger partial charge >= 0.3 is 181 Å². The van der Waals surface area contributed by atoms with Crippen LogP contribution in [0.15, 0.2) is 0 Å². The van der Waals surface area contributed by atoms with Gasteiger partial charge in [-0.1, -0.05) is 0 Å². The van der Waals surface area contributed by atoms with Crippen molar-refractivity contribution in [1.29, 1.82) is 0 Å². The molecule has 0 atom stereocenters. The van der Waals surface area contributed by atoms with Crippen LogP contribution in [-0.4, -0.2) is 64.1 Å². The molecule has 0 fully saturated rings. The first-order valence-corrected chi connectivity index (χ1v) is 23.4. The zero-order valence-corrected chi connectivity index (χ0v) is 27.0. The molecule has 0 saturated carbocycles. The van der Waals surface area contributed by atoms with E-state index in [1.54, 1.807) is 0 Å². The van der Waals surface area contributed by atoms with Crippen molar-refractivity contribution in [2.75, 3.05) is 0 Å². The fraction of sp³-hybridized carbons (Fsp3) is 1.00. The van der Waals surface area contributed by atoms with Crippen molar-refractivity contribution in [1.82, 2.24) is 0 Å². The van der Waals surface area contributed by atoms with Gasteiger partial charge in [0.2, 0.25) is 0 Å². The van der Waals surface area contributed by atoms with Gasteiger partial charge in [-0.05, 0) is 0 Å². The van der Waals surface area contributed by atoms with Crippen LogP contribution in [-0.2, 0) is 0 Å². The van der Waals surface area contributed by atoms with E-state index >= 15 is 0 Å². The third-order valence-corrected chi connectivity index (χ3v) is 17.9. The van der Waals surface area contributed by atoms with Crippen LogP contribution in [0.4, 0.5) is 0 Å². The van der Waals surface area contributed by atoms with Crippen LogP contribution in [0.5, 0.6) is 0 Å². The predicted octanol–water partition coefficient (Wildman–Crippen LogP) is 7.39. The first-order valence-electron chi connectivity index (χ1n) is 10.2. The fourth-order valence-electron chi connectivity index (χ4n) is 1.72. The van der Waals surface area contributed by atoms with Gasteiger partial charge in [0.25, 0.3) is 0 Å². The van der Waals surface area contributed by atoms with Crippen molar-refractivity contribution in [3.8, 4) is 0 Å². The largest absolute Gasteiger partial charge is 0.412 e. The fourth-order valence-corrected chi connectivity index (χ4v) is 8.96. The van der Waals surface area contributed by atoms with Crippen molar-refractivity contribution >= 4 is 58.7 Å². The van der Waals surface area contributed by atoms with Crippen LogP contribution in [0.25, 0.3) is 0 Å². The molecule has 0 aromatic carbocycles. The molecular formula is C20H52Ge2OSe2. The van der Waals surface area contributed by atoms with E-state index in [1.165, 1.54) is 52.9 Å². The molecule has 0 aliphatic heterocycles. The van der Waals surface area contributed by atoms with E-state index in [-0.39, 0.29) is 33.3 Å². The van der Waals surface area contributed by atoms with Crippen molar-refractivity contribution in [3.63, 3.8) is 0 Å². The smallest absolute Gasteiger partial charge is 0.412 e. The van der Waals surface area contributed by atoms with E-state index in [4.69, 9.17) is 0 Å². The quantitative estimate of drug-likeness (QED) is 0.231. The zero-order valence-electron chi connectivity index (χ0n) is 19.4. The van der Waals surface area contributed by atoms with E-state index in [2.05, 4.69) is 69.2 Å². The predicted molar refractivity (Wildman–Crippen MR) is 131 cm³/mol. The van der Waals surface area contributed by atoms with Gasteiger partial charge in [-0.25, -0.2) is 0 Å². The van der Waals surface area contributed by atoms with Crippen LogP contribution in [0.2, 0.25) is 52.9 Å². The molecule has 0 bridgehead atoms. The average Bonchev–Trinajstić information content (AvgIpc) is 2.61. The number of hydrogen-bond donors (Lipinski definition) is 0. The molecule has 5 heteroatoms. The van der Waals surface area contributed by atoms with Gasteiger partial charge in [0, 0.05) is 0 Å². The van der Waals surface area contributed by atoms with Crippen LogP contribution in [0.3, 0.4) is 0 Å². The third-order valence-electron chi connectivity index (χ3n) is 3.45. The maximum Gasteiger partial charge on any atom is -0.412 e. The van der Waals surface area contributed by atoms with Gasteiger partial charge < -0.3 is 5.48 Å². The molecule has 158 valence electrons. The SMILES string of the molecule is CC[Se](CC)CC.CC[Se](CC)CC.C[CH2][Ge][CH2]C.C[CH2][Ge][CH2]C.O. The van der Waals surface area contributed by atoms with Crippen molar-refractivity contribution in [2.24, 2.45) is 0 Å². The van der Waals surface area contributed by atoms with Gasteiger partial charge in [0.15, 0.2) is 0 Å². The number of rotatable bonds is 10. The van der Waals surface area contributed by atoms with Gasteiger partial charge in [-0.15, -0.1) is 0 Å². The standard InChI is InChI=1S/2C6H15Se.2C4H10Ge.H2O/c2*1-4-7(5-2)6-3;2*1-3-5-4-2;/h2*4-6H2,1-3H3;2*3-4H2,1-2H3;1H2. The minimum Gasteiger partial charge on any atom is -0.412 e. The first kappa shape index (κ1) is 37.8. The second-order valence-corrected chi connectivity index (χ2v) is 25.3. The molecule has 0 aromatic rings. The Kier molecular flexibility index (Phi) is 61.5. The van der Waals surface area contributed by atoms with E-state index in [9.17, 15) is 0 Å². The second kappa shape index (κ2) is 40.7. The molecular weight excluding hydrogens is 559 g/mol. The molecule has 0 unspecified atom stereocenters. The summed E-state index contributed by atoms with van der Waals surface area (Å²) < 4.78 is 0. The molecule has 0 rings (SSSR count). The second-order valence-electron chi connectivity index (χ2n) is 4.87. The molecule has 0 spiro atoms. The van der Waals surface area contributed by atoms with Gasteiger partial charge in [0.1, 0.15) is 0 Å². The molecule has 0 aliphatic rings. The monoisotopic (exact) mass is 616 g/mol. The maximum absolute atomic E-state index is 2.32.